The van der Waals surface area contributed by atoms with Crippen LogP contribution in [0.5, 0.6) is 0 Å². The lowest BCUT2D eigenvalue weighted by Crippen LogP contribution is -2.16. The van der Waals surface area contributed by atoms with Crippen molar-refractivity contribution in [1.29, 1.82) is 0 Å². The molecular formula is C21H23ClN2S. The smallest absolute Gasteiger partial charge is 0.190 e. The van der Waals surface area contributed by atoms with Crippen molar-refractivity contribution < 1.29 is 0 Å². The van der Waals surface area contributed by atoms with Gasteiger partial charge in [0.15, 0.2) is 4.80 Å². The van der Waals surface area contributed by atoms with Crippen molar-refractivity contribution in [2.24, 2.45) is 4.99 Å². The molecule has 0 saturated carbocycles. The zero-order chi connectivity index (χ0) is 17.6. The normalized spacial score (nSPS) is 11.9. The summed E-state index contributed by atoms with van der Waals surface area (Å²) >= 11 is 7.74. The van der Waals surface area contributed by atoms with Gasteiger partial charge in [0.25, 0.3) is 0 Å². The van der Waals surface area contributed by atoms with Gasteiger partial charge in [-0.1, -0.05) is 61.2 Å². The van der Waals surface area contributed by atoms with Crippen molar-refractivity contribution in [2.45, 2.75) is 39.7 Å². The number of rotatable bonds is 6. The highest BCUT2D eigenvalue weighted by molar-refractivity contribution is 7.07. The first-order valence-corrected chi connectivity index (χ1v) is 9.99. The first kappa shape index (κ1) is 18.0. The van der Waals surface area contributed by atoms with Crippen LogP contribution < -0.4 is 4.80 Å². The molecule has 0 atom stereocenters. The van der Waals surface area contributed by atoms with Gasteiger partial charge in [0, 0.05) is 16.9 Å². The molecule has 0 bridgehead atoms. The molecule has 0 unspecified atom stereocenters. The van der Waals surface area contributed by atoms with Crippen LogP contribution >= 0.6 is 22.9 Å². The van der Waals surface area contributed by atoms with Crippen molar-refractivity contribution in [3.63, 3.8) is 0 Å². The van der Waals surface area contributed by atoms with Gasteiger partial charge >= 0.3 is 0 Å². The predicted octanol–water partition coefficient (Wildman–Crippen LogP) is 6.60. The molecule has 0 aliphatic heterocycles. The predicted molar refractivity (Wildman–Crippen MR) is 109 cm³/mol. The standard InChI is InChI=1S/C21H23ClN2S/c1-3-4-5-14-24-20(17-8-10-18(22)11-9-17)15-25-21(24)23-19-12-6-16(2)7-13-19/h6-13,15H,3-5,14H2,1-2H3. The molecule has 0 amide bonds. The first-order chi connectivity index (χ1) is 12.2. The van der Waals surface area contributed by atoms with Gasteiger partial charge < -0.3 is 4.57 Å². The van der Waals surface area contributed by atoms with Gasteiger partial charge in [-0.25, -0.2) is 4.99 Å². The van der Waals surface area contributed by atoms with Crippen LogP contribution in [0.15, 0.2) is 58.9 Å². The summed E-state index contributed by atoms with van der Waals surface area (Å²) in [5.74, 6) is 0. The van der Waals surface area contributed by atoms with E-state index in [1.54, 1.807) is 11.3 Å². The molecular weight excluding hydrogens is 348 g/mol. The van der Waals surface area contributed by atoms with E-state index in [1.165, 1.54) is 29.7 Å². The van der Waals surface area contributed by atoms with Gasteiger partial charge in [0.2, 0.25) is 0 Å². The van der Waals surface area contributed by atoms with Crippen molar-refractivity contribution >= 4 is 28.6 Å². The van der Waals surface area contributed by atoms with E-state index in [0.717, 1.165) is 28.5 Å². The van der Waals surface area contributed by atoms with E-state index in [0.29, 0.717) is 0 Å². The van der Waals surface area contributed by atoms with E-state index in [4.69, 9.17) is 16.6 Å². The quantitative estimate of drug-likeness (QED) is 0.435. The second kappa shape index (κ2) is 8.50. The zero-order valence-electron chi connectivity index (χ0n) is 14.7. The molecule has 1 heterocycles. The van der Waals surface area contributed by atoms with Crippen LogP contribution in [0, 0.1) is 6.92 Å². The van der Waals surface area contributed by atoms with E-state index >= 15 is 0 Å². The maximum absolute atomic E-state index is 6.04. The SMILES string of the molecule is CCCCCn1c(-c2ccc(Cl)cc2)csc1=Nc1ccc(C)cc1. The van der Waals surface area contributed by atoms with E-state index in [9.17, 15) is 0 Å². The summed E-state index contributed by atoms with van der Waals surface area (Å²) in [5.41, 5.74) is 4.65. The van der Waals surface area contributed by atoms with E-state index in [-0.39, 0.29) is 0 Å². The largest absolute Gasteiger partial charge is 0.316 e. The molecule has 25 heavy (non-hydrogen) atoms. The van der Waals surface area contributed by atoms with Gasteiger partial charge in [0.1, 0.15) is 0 Å². The fraction of sp³-hybridized carbons (Fsp3) is 0.286. The van der Waals surface area contributed by atoms with Crippen LogP contribution in [-0.2, 0) is 6.54 Å². The van der Waals surface area contributed by atoms with E-state index < -0.39 is 0 Å². The minimum Gasteiger partial charge on any atom is -0.316 e. The lowest BCUT2D eigenvalue weighted by Gasteiger charge is -2.09. The number of nitrogens with zero attached hydrogens (tertiary/aromatic N) is 2. The summed E-state index contributed by atoms with van der Waals surface area (Å²) in [4.78, 5) is 5.93. The summed E-state index contributed by atoms with van der Waals surface area (Å²) in [6.45, 7) is 5.31. The average Bonchev–Trinajstić information content (AvgIpc) is 3.01. The van der Waals surface area contributed by atoms with Crippen LogP contribution in [0.4, 0.5) is 5.69 Å². The van der Waals surface area contributed by atoms with Gasteiger partial charge in [-0.05, 0) is 43.2 Å². The molecule has 0 aliphatic carbocycles. The summed E-state index contributed by atoms with van der Waals surface area (Å²) < 4.78 is 2.34. The van der Waals surface area contributed by atoms with Gasteiger partial charge in [-0.3, -0.25) is 0 Å². The van der Waals surface area contributed by atoms with Crippen molar-refractivity contribution in [3.8, 4) is 11.3 Å². The summed E-state index contributed by atoms with van der Waals surface area (Å²) in [5, 5.41) is 2.96. The van der Waals surface area contributed by atoms with Crippen LogP contribution in [0.3, 0.4) is 0 Å². The molecule has 1 aromatic heterocycles. The second-order valence-electron chi connectivity index (χ2n) is 6.22. The highest BCUT2D eigenvalue weighted by Gasteiger charge is 2.08. The molecule has 0 spiro atoms. The fourth-order valence-corrected chi connectivity index (χ4v) is 3.82. The molecule has 3 rings (SSSR count). The highest BCUT2D eigenvalue weighted by Crippen LogP contribution is 2.23. The van der Waals surface area contributed by atoms with Crippen LogP contribution in [0.2, 0.25) is 5.02 Å². The van der Waals surface area contributed by atoms with Gasteiger partial charge in [-0.15, -0.1) is 11.3 Å². The third-order valence-electron chi connectivity index (χ3n) is 4.18. The minimum atomic E-state index is 0.765. The lowest BCUT2D eigenvalue weighted by molar-refractivity contribution is 0.596. The Morgan fingerprint density at radius 2 is 1.72 bits per heavy atom. The van der Waals surface area contributed by atoms with Crippen molar-refractivity contribution in [2.75, 3.05) is 0 Å². The Kier molecular flexibility index (Phi) is 6.11. The Morgan fingerprint density at radius 3 is 2.40 bits per heavy atom. The highest BCUT2D eigenvalue weighted by atomic mass is 35.5. The molecule has 130 valence electrons. The monoisotopic (exact) mass is 370 g/mol. The molecule has 0 saturated heterocycles. The molecule has 0 N–H and O–H groups in total. The molecule has 4 heteroatoms. The average molecular weight is 371 g/mol. The Morgan fingerprint density at radius 1 is 1.00 bits per heavy atom. The summed E-state index contributed by atoms with van der Waals surface area (Å²) in [6.07, 6.45) is 3.60. The minimum absolute atomic E-state index is 0.765. The molecule has 0 radical (unpaired) electrons. The van der Waals surface area contributed by atoms with Gasteiger partial charge in [-0.2, -0.15) is 0 Å². The second-order valence-corrected chi connectivity index (χ2v) is 7.49. The number of thiazole rings is 1. The summed E-state index contributed by atoms with van der Waals surface area (Å²) in [7, 11) is 0. The summed E-state index contributed by atoms with van der Waals surface area (Å²) in [6, 6.07) is 16.4. The Bertz CT molecular complexity index is 874. The van der Waals surface area contributed by atoms with E-state index in [2.05, 4.69) is 60.2 Å². The van der Waals surface area contributed by atoms with E-state index in [1.807, 2.05) is 12.1 Å². The van der Waals surface area contributed by atoms with Crippen molar-refractivity contribution in [1.82, 2.24) is 4.57 Å². The third kappa shape index (κ3) is 4.62. The molecule has 2 aromatic carbocycles. The Balaban J connectivity index is 2.02. The Hall–Kier alpha value is -1.84. The number of hydrogen-bond acceptors (Lipinski definition) is 2. The molecule has 3 aromatic rings. The maximum atomic E-state index is 6.04. The number of aromatic nitrogens is 1. The number of aryl methyl sites for hydroxylation is 1. The first-order valence-electron chi connectivity index (χ1n) is 8.73. The molecule has 0 aliphatic rings. The molecule has 0 fully saturated rings. The number of benzene rings is 2. The zero-order valence-corrected chi connectivity index (χ0v) is 16.3. The topological polar surface area (TPSA) is 17.3 Å². The third-order valence-corrected chi connectivity index (χ3v) is 5.30. The fourth-order valence-electron chi connectivity index (χ4n) is 2.74. The van der Waals surface area contributed by atoms with Crippen LogP contribution in [0.25, 0.3) is 11.3 Å². The molecule has 2 nitrogen and oxygen atoms in total. The number of halogens is 1. The van der Waals surface area contributed by atoms with Crippen LogP contribution in [-0.4, -0.2) is 4.57 Å². The van der Waals surface area contributed by atoms with Crippen molar-refractivity contribution in [3.05, 3.63) is 69.3 Å². The van der Waals surface area contributed by atoms with Gasteiger partial charge in [0.05, 0.1) is 11.4 Å². The number of unbranched alkanes of at least 4 members (excludes halogenated alkanes) is 2. The Labute approximate surface area is 158 Å². The number of hydrogen-bond donors (Lipinski definition) is 0. The lowest BCUT2D eigenvalue weighted by atomic mass is 10.1. The maximum Gasteiger partial charge on any atom is 0.190 e. The van der Waals surface area contributed by atoms with Crippen LogP contribution in [0.1, 0.15) is 31.7 Å².